The van der Waals surface area contributed by atoms with Crippen LogP contribution < -0.4 is 5.32 Å². The molecule has 0 spiro atoms. The summed E-state index contributed by atoms with van der Waals surface area (Å²) in [5.74, 6) is 5.03. The zero-order valence-electron chi connectivity index (χ0n) is 17.8. The molecule has 6 nitrogen and oxygen atoms in total. The maximum absolute atomic E-state index is 4.93. The molecular formula is C22H33IN6S. The number of aromatic nitrogens is 3. The number of rotatable bonds is 6. The summed E-state index contributed by atoms with van der Waals surface area (Å²) in [6, 6.07) is 10.7. The molecule has 0 bridgehead atoms. The maximum Gasteiger partial charge on any atom is 0.194 e. The summed E-state index contributed by atoms with van der Waals surface area (Å²) in [7, 11) is 0. The summed E-state index contributed by atoms with van der Waals surface area (Å²) in [5, 5.41) is 12.3. The Kier molecular flexibility index (Phi) is 9.29. The Hall–Kier alpha value is -1.29. The van der Waals surface area contributed by atoms with Crippen molar-refractivity contribution in [3.8, 4) is 0 Å². The second-order valence-corrected chi connectivity index (χ2v) is 8.98. The molecule has 164 valence electrons. The molecule has 1 N–H and O–H groups in total. The number of thioether (sulfide) groups is 1. The number of hydrogen-bond donors (Lipinski definition) is 1. The van der Waals surface area contributed by atoms with Gasteiger partial charge in [-0.1, -0.05) is 24.6 Å². The first-order valence-corrected chi connectivity index (χ1v) is 11.9. The predicted octanol–water partition coefficient (Wildman–Crippen LogP) is 4.20. The Morgan fingerprint density at radius 1 is 1.17 bits per heavy atom. The van der Waals surface area contributed by atoms with E-state index in [4.69, 9.17) is 4.99 Å². The average Bonchev–Trinajstić information content (AvgIpc) is 3.31. The predicted molar refractivity (Wildman–Crippen MR) is 135 cm³/mol. The molecule has 1 aromatic heterocycles. The van der Waals surface area contributed by atoms with Crippen LogP contribution in [0.5, 0.6) is 0 Å². The molecule has 2 aliphatic rings. The van der Waals surface area contributed by atoms with Crippen molar-refractivity contribution >= 4 is 41.7 Å². The zero-order valence-corrected chi connectivity index (χ0v) is 20.9. The van der Waals surface area contributed by atoms with E-state index < -0.39 is 0 Å². The molecule has 1 atom stereocenters. The number of aliphatic imine (C=N–C) groups is 1. The third-order valence-corrected chi connectivity index (χ3v) is 6.95. The molecular weight excluding hydrogens is 507 g/mol. The van der Waals surface area contributed by atoms with E-state index in [0.717, 1.165) is 56.0 Å². The average molecular weight is 541 g/mol. The van der Waals surface area contributed by atoms with Crippen LogP contribution in [0.1, 0.15) is 44.3 Å². The molecule has 2 aliphatic heterocycles. The summed E-state index contributed by atoms with van der Waals surface area (Å²) in [4.78, 5) is 8.71. The van der Waals surface area contributed by atoms with Gasteiger partial charge in [-0.2, -0.15) is 0 Å². The van der Waals surface area contributed by atoms with Gasteiger partial charge in [-0.15, -0.1) is 45.9 Å². The molecule has 1 aromatic carbocycles. The van der Waals surface area contributed by atoms with Crippen LogP contribution in [0, 0.1) is 5.92 Å². The molecule has 3 heterocycles. The van der Waals surface area contributed by atoms with Crippen molar-refractivity contribution in [2.24, 2.45) is 10.9 Å². The van der Waals surface area contributed by atoms with Gasteiger partial charge in [0.2, 0.25) is 0 Å². The van der Waals surface area contributed by atoms with Crippen LogP contribution in [0.4, 0.5) is 0 Å². The van der Waals surface area contributed by atoms with Gasteiger partial charge in [0, 0.05) is 43.2 Å². The number of benzene rings is 1. The highest BCUT2D eigenvalue weighted by molar-refractivity contribution is 14.0. The van der Waals surface area contributed by atoms with Gasteiger partial charge in [0.25, 0.3) is 0 Å². The zero-order chi connectivity index (χ0) is 19.9. The number of guanidine groups is 1. The molecule has 0 saturated carbocycles. The minimum absolute atomic E-state index is 0. The standard InChI is InChI=1S/C22H32N6S.HI/c1-2-23-22(24-15-21-26-25-20-11-7-4-8-13-28(20)21)27-14-12-18(16-27)17-29-19-9-5-3-6-10-19;/h3,5-6,9-10,18H,2,4,7-8,11-17H2,1H3,(H,23,24);1H. The van der Waals surface area contributed by atoms with Crippen molar-refractivity contribution in [3.05, 3.63) is 42.0 Å². The first kappa shape index (κ1) is 23.4. The first-order valence-electron chi connectivity index (χ1n) is 11.0. The normalized spacial score (nSPS) is 19.2. The SMILES string of the molecule is CCNC(=NCc1nnc2n1CCCCC2)N1CCC(CSc2ccccc2)C1.I. The maximum atomic E-state index is 4.93. The van der Waals surface area contributed by atoms with Gasteiger partial charge < -0.3 is 14.8 Å². The van der Waals surface area contributed by atoms with Crippen LogP contribution in [0.25, 0.3) is 0 Å². The number of hydrogen-bond acceptors (Lipinski definition) is 4. The lowest BCUT2D eigenvalue weighted by Gasteiger charge is -2.21. The van der Waals surface area contributed by atoms with Crippen molar-refractivity contribution in [1.82, 2.24) is 25.0 Å². The summed E-state index contributed by atoms with van der Waals surface area (Å²) >= 11 is 1.97. The van der Waals surface area contributed by atoms with E-state index in [2.05, 4.69) is 62.2 Å². The molecule has 0 radical (unpaired) electrons. The van der Waals surface area contributed by atoms with E-state index in [9.17, 15) is 0 Å². The minimum Gasteiger partial charge on any atom is -0.357 e. The fraction of sp³-hybridized carbons (Fsp3) is 0.591. The van der Waals surface area contributed by atoms with E-state index in [1.165, 1.54) is 30.6 Å². The summed E-state index contributed by atoms with van der Waals surface area (Å²) in [6.07, 6.45) is 5.99. The Balaban J connectivity index is 0.00000256. The van der Waals surface area contributed by atoms with Crippen LogP contribution >= 0.6 is 35.7 Å². The van der Waals surface area contributed by atoms with Gasteiger partial charge in [-0.3, -0.25) is 0 Å². The molecule has 30 heavy (non-hydrogen) atoms. The second kappa shape index (κ2) is 11.9. The first-order chi connectivity index (χ1) is 14.3. The Morgan fingerprint density at radius 3 is 2.87 bits per heavy atom. The highest BCUT2D eigenvalue weighted by atomic mass is 127. The van der Waals surface area contributed by atoms with Gasteiger partial charge in [0.15, 0.2) is 11.8 Å². The minimum atomic E-state index is 0. The molecule has 2 aromatic rings. The van der Waals surface area contributed by atoms with Crippen LogP contribution in [-0.2, 0) is 19.5 Å². The Morgan fingerprint density at radius 2 is 2.03 bits per heavy atom. The van der Waals surface area contributed by atoms with Crippen molar-refractivity contribution < 1.29 is 0 Å². The lowest BCUT2D eigenvalue weighted by molar-refractivity contribution is 0.473. The number of nitrogens with one attached hydrogen (secondary N) is 1. The third-order valence-electron chi connectivity index (χ3n) is 5.71. The highest BCUT2D eigenvalue weighted by Gasteiger charge is 2.25. The van der Waals surface area contributed by atoms with E-state index >= 15 is 0 Å². The molecule has 1 saturated heterocycles. The quantitative estimate of drug-likeness (QED) is 0.258. The third kappa shape index (κ3) is 6.12. The monoisotopic (exact) mass is 540 g/mol. The van der Waals surface area contributed by atoms with Crippen molar-refractivity contribution in [2.45, 2.75) is 57.0 Å². The molecule has 0 amide bonds. The van der Waals surface area contributed by atoms with Crippen LogP contribution in [-0.4, -0.2) is 51.0 Å². The molecule has 4 rings (SSSR count). The van der Waals surface area contributed by atoms with Crippen molar-refractivity contribution in [3.63, 3.8) is 0 Å². The lowest BCUT2D eigenvalue weighted by atomic mass is 10.2. The van der Waals surface area contributed by atoms with Crippen LogP contribution in [0.2, 0.25) is 0 Å². The number of halogens is 1. The second-order valence-electron chi connectivity index (χ2n) is 7.89. The number of nitrogens with zero attached hydrogens (tertiary/aromatic N) is 5. The fourth-order valence-corrected chi connectivity index (χ4v) is 5.18. The van der Waals surface area contributed by atoms with Gasteiger partial charge in [-0.05, 0) is 44.2 Å². The molecule has 1 unspecified atom stereocenters. The Bertz CT molecular complexity index is 809. The van der Waals surface area contributed by atoms with E-state index in [1.54, 1.807) is 0 Å². The van der Waals surface area contributed by atoms with Crippen LogP contribution in [0.3, 0.4) is 0 Å². The number of fused-ring (bicyclic) bond motifs is 1. The van der Waals surface area contributed by atoms with E-state index in [-0.39, 0.29) is 24.0 Å². The number of likely N-dealkylation sites (tertiary alicyclic amines) is 1. The molecule has 0 aliphatic carbocycles. The molecule has 1 fully saturated rings. The topological polar surface area (TPSA) is 58.3 Å². The fourth-order valence-electron chi connectivity index (χ4n) is 4.13. The van der Waals surface area contributed by atoms with Gasteiger partial charge in [-0.25, -0.2) is 4.99 Å². The highest BCUT2D eigenvalue weighted by Crippen LogP contribution is 2.26. The number of aryl methyl sites for hydroxylation is 1. The van der Waals surface area contributed by atoms with Gasteiger partial charge >= 0.3 is 0 Å². The van der Waals surface area contributed by atoms with Crippen molar-refractivity contribution in [1.29, 1.82) is 0 Å². The van der Waals surface area contributed by atoms with Crippen molar-refractivity contribution in [2.75, 3.05) is 25.4 Å². The van der Waals surface area contributed by atoms with Gasteiger partial charge in [0.1, 0.15) is 12.4 Å². The smallest absolute Gasteiger partial charge is 0.194 e. The largest absolute Gasteiger partial charge is 0.357 e. The van der Waals surface area contributed by atoms with E-state index in [0.29, 0.717) is 12.5 Å². The van der Waals surface area contributed by atoms with E-state index in [1.807, 2.05) is 11.8 Å². The van der Waals surface area contributed by atoms with Gasteiger partial charge in [0.05, 0.1) is 0 Å². The van der Waals surface area contributed by atoms with Crippen LogP contribution in [0.15, 0.2) is 40.2 Å². The molecule has 8 heteroatoms. The summed E-state index contributed by atoms with van der Waals surface area (Å²) < 4.78 is 2.29. The summed E-state index contributed by atoms with van der Waals surface area (Å²) in [6.45, 7) is 6.81. The summed E-state index contributed by atoms with van der Waals surface area (Å²) in [5.41, 5.74) is 0. The Labute approximate surface area is 201 Å². The lowest BCUT2D eigenvalue weighted by Crippen LogP contribution is -2.40.